The molecule has 0 aliphatic rings. The van der Waals surface area contributed by atoms with Gasteiger partial charge in [-0.05, 0) is 29.6 Å². The number of aliphatic hydroxyl groups is 1. The van der Waals surface area contributed by atoms with Gasteiger partial charge in [-0.25, -0.2) is 0 Å². The number of hydrogen-bond acceptors (Lipinski definition) is 1. The summed E-state index contributed by atoms with van der Waals surface area (Å²) in [5.41, 5.74) is 0.440. The molecule has 0 fully saturated rings. The van der Waals surface area contributed by atoms with Gasteiger partial charge in [0.15, 0.2) is 0 Å². The van der Waals surface area contributed by atoms with E-state index in [9.17, 15) is 5.11 Å². The van der Waals surface area contributed by atoms with Gasteiger partial charge in [0.1, 0.15) is 0 Å². The second-order valence-corrected chi connectivity index (χ2v) is 6.04. The first-order chi connectivity index (χ1) is 6.27. The zero-order valence-electron chi connectivity index (χ0n) is 10.9. The van der Waals surface area contributed by atoms with Gasteiger partial charge < -0.3 is 5.11 Å². The van der Waals surface area contributed by atoms with E-state index in [1.54, 1.807) is 0 Å². The first-order valence-electron chi connectivity index (χ1n) is 5.88. The Labute approximate surface area is 89.9 Å². The van der Waals surface area contributed by atoms with Crippen LogP contribution in [0.25, 0.3) is 0 Å². The minimum absolute atomic E-state index is 0.114. The van der Waals surface area contributed by atoms with Crippen molar-refractivity contribution in [1.29, 1.82) is 0 Å². The van der Waals surface area contributed by atoms with Crippen LogP contribution in [-0.2, 0) is 0 Å². The van der Waals surface area contributed by atoms with Crippen molar-refractivity contribution in [2.75, 3.05) is 6.61 Å². The van der Waals surface area contributed by atoms with Crippen LogP contribution in [0.1, 0.15) is 60.8 Å². The van der Waals surface area contributed by atoms with Crippen molar-refractivity contribution >= 4 is 0 Å². The maximum atomic E-state index is 9.46. The average Bonchev–Trinajstić information content (AvgIpc) is 2.03. The molecule has 0 aromatic rings. The molecule has 0 aliphatic heterocycles. The second-order valence-electron chi connectivity index (χ2n) is 6.04. The summed E-state index contributed by atoms with van der Waals surface area (Å²) in [6.45, 7) is 13.9. The lowest BCUT2D eigenvalue weighted by Crippen LogP contribution is -2.32. The molecule has 1 nitrogen and oxygen atoms in total. The fourth-order valence-corrected chi connectivity index (χ4v) is 2.13. The monoisotopic (exact) mass is 200 g/mol. The summed E-state index contributed by atoms with van der Waals surface area (Å²) in [6.07, 6.45) is 3.40. The molecule has 86 valence electrons. The van der Waals surface area contributed by atoms with Crippen LogP contribution in [0, 0.1) is 16.7 Å². The molecule has 0 amide bonds. The predicted octanol–water partition coefficient (Wildman–Crippen LogP) is 3.86. The van der Waals surface area contributed by atoms with Crippen molar-refractivity contribution in [3.63, 3.8) is 0 Å². The van der Waals surface area contributed by atoms with Gasteiger partial charge >= 0.3 is 0 Å². The molecule has 0 rings (SSSR count). The van der Waals surface area contributed by atoms with Crippen molar-refractivity contribution in [2.24, 2.45) is 16.7 Å². The average molecular weight is 200 g/mol. The molecule has 0 aromatic carbocycles. The SMILES string of the molecule is CCCC(C)(CO)CC(C)(C)C(C)C. The quantitative estimate of drug-likeness (QED) is 0.690. The summed E-state index contributed by atoms with van der Waals surface area (Å²) in [6, 6.07) is 0. The molecular weight excluding hydrogens is 172 g/mol. The Morgan fingerprint density at radius 1 is 1.14 bits per heavy atom. The third kappa shape index (κ3) is 4.00. The summed E-state index contributed by atoms with van der Waals surface area (Å²) >= 11 is 0. The van der Waals surface area contributed by atoms with Gasteiger partial charge in [0.2, 0.25) is 0 Å². The summed E-state index contributed by atoms with van der Waals surface area (Å²) in [7, 11) is 0. The smallest absolute Gasteiger partial charge is 0.0484 e. The zero-order chi connectivity index (χ0) is 11.4. The van der Waals surface area contributed by atoms with Crippen molar-refractivity contribution in [1.82, 2.24) is 0 Å². The number of hydrogen-bond donors (Lipinski definition) is 1. The van der Waals surface area contributed by atoms with E-state index >= 15 is 0 Å². The Morgan fingerprint density at radius 2 is 1.64 bits per heavy atom. The van der Waals surface area contributed by atoms with Crippen molar-refractivity contribution in [3.8, 4) is 0 Å². The Hall–Kier alpha value is -0.0400. The van der Waals surface area contributed by atoms with Crippen LogP contribution in [0.2, 0.25) is 0 Å². The van der Waals surface area contributed by atoms with Crippen LogP contribution in [0.3, 0.4) is 0 Å². The third-order valence-electron chi connectivity index (χ3n) is 3.68. The van der Waals surface area contributed by atoms with E-state index in [0.717, 1.165) is 19.3 Å². The van der Waals surface area contributed by atoms with Crippen LogP contribution in [0.15, 0.2) is 0 Å². The van der Waals surface area contributed by atoms with E-state index in [2.05, 4.69) is 41.5 Å². The highest BCUT2D eigenvalue weighted by molar-refractivity contribution is 4.83. The number of rotatable bonds is 6. The lowest BCUT2D eigenvalue weighted by Gasteiger charge is -2.39. The summed E-state index contributed by atoms with van der Waals surface area (Å²) in [5.74, 6) is 0.672. The molecule has 0 heterocycles. The standard InChI is InChI=1S/C13H28O/c1-7-8-13(6,10-14)9-12(4,5)11(2)3/h11,14H,7-10H2,1-6H3. The molecule has 0 bridgehead atoms. The van der Waals surface area contributed by atoms with Crippen molar-refractivity contribution in [3.05, 3.63) is 0 Å². The Bertz CT molecular complexity index is 161. The molecule has 0 saturated carbocycles. The molecule has 14 heavy (non-hydrogen) atoms. The minimum Gasteiger partial charge on any atom is -0.396 e. The normalized spacial score (nSPS) is 17.1. The largest absolute Gasteiger partial charge is 0.396 e. The fraction of sp³-hybridized carbons (Fsp3) is 1.00. The Kier molecular flexibility index (Phi) is 5.14. The maximum Gasteiger partial charge on any atom is 0.0484 e. The maximum absolute atomic E-state index is 9.46. The van der Waals surface area contributed by atoms with E-state index in [-0.39, 0.29) is 5.41 Å². The van der Waals surface area contributed by atoms with Gasteiger partial charge in [0.05, 0.1) is 0 Å². The third-order valence-corrected chi connectivity index (χ3v) is 3.68. The molecule has 0 spiro atoms. The molecule has 1 atom stereocenters. The first kappa shape index (κ1) is 14.0. The lowest BCUT2D eigenvalue weighted by molar-refractivity contribution is 0.0580. The molecular formula is C13H28O. The summed E-state index contributed by atoms with van der Waals surface area (Å²) < 4.78 is 0. The molecule has 1 unspecified atom stereocenters. The first-order valence-corrected chi connectivity index (χ1v) is 5.88. The van der Waals surface area contributed by atoms with Gasteiger partial charge in [-0.2, -0.15) is 0 Å². The van der Waals surface area contributed by atoms with Crippen LogP contribution >= 0.6 is 0 Å². The van der Waals surface area contributed by atoms with Gasteiger partial charge in [-0.3, -0.25) is 0 Å². The number of aliphatic hydroxyl groups excluding tert-OH is 1. The summed E-state index contributed by atoms with van der Waals surface area (Å²) in [5, 5.41) is 9.46. The molecule has 0 aromatic heterocycles. The van der Waals surface area contributed by atoms with Gasteiger partial charge in [-0.1, -0.05) is 48.0 Å². The molecule has 0 radical (unpaired) electrons. The van der Waals surface area contributed by atoms with Crippen LogP contribution in [0.4, 0.5) is 0 Å². The van der Waals surface area contributed by atoms with E-state index in [4.69, 9.17) is 0 Å². The van der Waals surface area contributed by atoms with Crippen molar-refractivity contribution < 1.29 is 5.11 Å². The van der Waals surface area contributed by atoms with Crippen LogP contribution in [0.5, 0.6) is 0 Å². The van der Waals surface area contributed by atoms with Gasteiger partial charge in [0, 0.05) is 6.61 Å². The fourth-order valence-electron chi connectivity index (χ4n) is 2.13. The topological polar surface area (TPSA) is 20.2 Å². The van der Waals surface area contributed by atoms with Crippen molar-refractivity contribution in [2.45, 2.75) is 60.8 Å². The van der Waals surface area contributed by atoms with Gasteiger partial charge in [-0.15, -0.1) is 0 Å². The zero-order valence-corrected chi connectivity index (χ0v) is 10.9. The highest BCUT2D eigenvalue weighted by Crippen LogP contribution is 2.41. The van der Waals surface area contributed by atoms with E-state index in [0.29, 0.717) is 17.9 Å². The highest BCUT2D eigenvalue weighted by Gasteiger charge is 2.33. The van der Waals surface area contributed by atoms with Crippen LogP contribution in [-0.4, -0.2) is 11.7 Å². The highest BCUT2D eigenvalue weighted by atomic mass is 16.3. The van der Waals surface area contributed by atoms with E-state index < -0.39 is 0 Å². The van der Waals surface area contributed by atoms with Crippen LogP contribution < -0.4 is 0 Å². The van der Waals surface area contributed by atoms with Gasteiger partial charge in [0.25, 0.3) is 0 Å². The second kappa shape index (κ2) is 5.16. The molecule has 1 N–H and O–H groups in total. The minimum atomic E-state index is 0.114. The van der Waals surface area contributed by atoms with E-state index in [1.165, 1.54) is 0 Å². The molecule has 0 saturated heterocycles. The predicted molar refractivity (Wildman–Crippen MR) is 63.3 cm³/mol. The summed E-state index contributed by atoms with van der Waals surface area (Å²) in [4.78, 5) is 0. The Balaban J connectivity index is 4.44. The lowest BCUT2D eigenvalue weighted by atomic mass is 9.67. The molecule has 1 heteroatoms. The Morgan fingerprint density at radius 3 is 1.93 bits per heavy atom. The molecule has 0 aliphatic carbocycles. The van der Waals surface area contributed by atoms with E-state index in [1.807, 2.05) is 0 Å².